The summed E-state index contributed by atoms with van der Waals surface area (Å²) in [5.41, 5.74) is 6.67. The van der Waals surface area contributed by atoms with E-state index < -0.39 is 0 Å². The van der Waals surface area contributed by atoms with Crippen molar-refractivity contribution in [2.45, 2.75) is 26.2 Å². The Labute approximate surface area is 96.0 Å². The van der Waals surface area contributed by atoms with E-state index in [0.29, 0.717) is 24.9 Å². The number of nitrogens with two attached hydrogens (primary N) is 1. The molecule has 16 heavy (non-hydrogen) atoms. The molecule has 0 amide bonds. The smallest absolute Gasteiger partial charge is 0.222 e. The van der Waals surface area contributed by atoms with Crippen LogP contribution in [0.4, 0.5) is 5.82 Å². The molecule has 0 aliphatic carbocycles. The maximum absolute atomic E-state index is 5.80. The zero-order chi connectivity index (χ0) is 12.0. The lowest BCUT2D eigenvalue weighted by Gasteiger charge is -2.13. The Bertz CT molecular complexity index is 329. The largest absolute Gasteiger partial charge is 0.477 e. The van der Waals surface area contributed by atoms with Crippen LogP contribution >= 0.6 is 0 Å². The number of aromatic nitrogens is 2. The number of nitrogens with zero attached hydrogens (tertiary/aromatic N) is 2. The first-order valence-electron chi connectivity index (χ1n) is 5.39. The third-order valence-electron chi connectivity index (χ3n) is 2.19. The van der Waals surface area contributed by atoms with Gasteiger partial charge in [0.1, 0.15) is 12.1 Å². The summed E-state index contributed by atoms with van der Waals surface area (Å²) < 4.78 is 10.5. The molecule has 0 aliphatic rings. The minimum atomic E-state index is 0.249. The highest BCUT2D eigenvalue weighted by molar-refractivity contribution is 5.46. The SMILES string of the molecule is COCCCOc1ncnc(N)c1C(C)C. The molecule has 0 bridgehead atoms. The third kappa shape index (κ3) is 3.34. The van der Waals surface area contributed by atoms with E-state index in [0.717, 1.165) is 12.0 Å². The van der Waals surface area contributed by atoms with Crippen LogP contribution in [0, 0.1) is 0 Å². The molecule has 0 unspecified atom stereocenters. The van der Waals surface area contributed by atoms with Crippen LogP contribution in [0.5, 0.6) is 5.88 Å². The van der Waals surface area contributed by atoms with Gasteiger partial charge in [-0.1, -0.05) is 13.8 Å². The first kappa shape index (κ1) is 12.7. The molecule has 0 spiro atoms. The van der Waals surface area contributed by atoms with Gasteiger partial charge in [-0.05, 0) is 5.92 Å². The van der Waals surface area contributed by atoms with E-state index in [2.05, 4.69) is 9.97 Å². The first-order chi connectivity index (χ1) is 7.66. The van der Waals surface area contributed by atoms with E-state index in [1.807, 2.05) is 13.8 Å². The molecule has 1 heterocycles. The predicted molar refractivity (Wildman–Crippen MR) is 62.5 cm³/mol. The molecule has 1 aromatic heterocycles. The fourth-order valence-electron chi connectivity index (χ4n) is 1.42. The third-order valence-corrected chi connectivity index (χ3v) is 2.19. The van der Waals surface area contributed by atoms with E-state index in [9.17, 15) is 0 Å². The van der Waals surface area contributed by atoms with Gasteiger partial charge in [-0.3, -0.25) is 0 Å². The van der Waals surface area contributed by atoms with E-state index in [1.165, 1.54) is 6.33 Å². The summed E-state index contributed by atoms with van der Waals surface area (Å²) in [4.78, 5) is 8.07. The van der Waals surface area contributed by atoms with E-state index in [1.54, 1.807) is 7.11 Å². The standard InChI is InChI=1S/C11H19N3O2/c1-8(2)9-10(12)13-7-14-11(9)16-6-4-5-15-3/h7-8H,4-6H2,1-3H3,(H2,12,13,14). The van der Waals surface area contributed by atoms with E-state index >= 15 is 0 Å². The summed E-state index contributed by atoms with van der Waals surface area (Å²) in [7, 11) is 1.67. The molecule has 0 saturated carbocycles. The zero-order valence-corrected chi connectivity index (χ0v) is 10.1. The Hall–Kier alpha value is -1.36. The second-order valence-electron chi connectivity index (χ2n) is 3.83. The van der Waals surface area contributed by atoms with Crippen LogP contribution < -0.4 is 10.5 Å². The summed E-state index contributed by atoms with van der Waals surface area (Å²) in [6.45, 7) is 5.33. The highest BCUT2D eigenvalue weighted by atomic mass is 16.5. The normalized spacial score (nSPS) is 10.8. The van der Waals surface area contributed by atoms with Crippen molar-refractivity contribution in [2.24, 2.45) is 0 Å². The van der Waals surface area contributed by atoms with Crippen LogP contribution in [0.15, 0.2) is 6.33 Å². The highest BCUT2D eigenvalue weighted by Crippen LogP contribution is 2.27. The Morgan fingerprint density at radius 3 is 2.69 bits per heavy atom. The molecule has 0 aromatic carbocycles. The number of rotatable bonds is 6. The Morgan fingerprint density at radius 2 is 2.06 bits per heavy atom. The van der Waals surface area contributed by atoms with Crippen LogP contribution in [0.1, 0.15) is 31.7 Å². The molecular formula is C11H19N3O2. The van der Waals surface area contributed by atoms with Crippen molar-refractivity contribution < 1.29 is 9.47 Å². The molecule has 0 aliphatic heterocycles. The van der Waals surface area contributed by atoms with E-state index in [-0.39, 0.29) is 5.92 Å². The van der Waals surface area contributed by atoms with Crippen molar-refractivity contribution in [1.29, 1.82) is 0 Å². The van der Waals surface area contributed by atoms with Crippen LogP contribution in [-0.4, -0.2) is 30.3 Å². The number of nitrogen functional groups attached to an aromatic ring is 1. The van der Waals surface area contributed by atoms with Crippen LogP contribution in [-0.2, 0) is 4.74 Å². The van der Waals surface area contributed by atoms with E-state index in [4.69, 9.17) is 15.2 Å². The summed E-state index contributed by atoms with van der Waals surface area (Å²) in [5, 5.41) is 0. The minimum Gasteiger partial charge on any atom is -0.477 e. The van der Waals surface area contributed by atoms with Crippen molar-refractivity contribution in [1.82, 2.24) is 9.97 Å². The van der Waals surface area contributed by atoms with Crippen molar-refractivity contribution in [3.05, 3.63) is 11.9 Å². The molecule has 5 heteroatoms. The molecule has 1 aromatic rings. The van der Waals surface area contributed by atoms with Crippen molar-refractivity contribution in [3.8, 4) is 5.88 Å². The van der Waals surface area contributed by atoms with Crippen molar-refractivity contribution in [2.75, 3.05) is 26.1 Å². The zero-order valence-electron chi connectivity index (χ0n) is 10.1. The Kier molecular flexibility index (Phi) is 4.98. The fourth-order valence-corrected chi connectivity index (χ4v) is 1.42. The summed E-state index contributed by atoms with van der Waals surface area (Å²) in [5.74, 6) is 1.32. The quantitative estimate of drug-likeness (QED) is 0.744. The molecule has 1 rings (SSSR count). The van der Waals surface area contributed by atoms with Crippen LogP contribution in [0.25, 0.3) is 0 Å². The van der Waals surface area contributed by atoms with Crippen LogP contribution in [0.3, 0.4) is 0 Å². The number of hydrogen-bond acceptors (Lipinski definition) is 5. The van der Waals surface area contributed by atoms with Gasteiger partial charge in [0.05, 0.1) is 12.2 Å². The van der Waals surface area contributed by atoms with Gasteiger partial charge in [-0.15, -0.1) is 0 Å². The number of methoxy groups -OCH3 is 1. The van der Waals surface area contributed by atoms with Gasteiger partial charge in [0.15, 0.2) is 0 Å². The Morgan fingerprint density at radius 1 is 1.31 bits per heavy atom. The van der Waals surface area contributed by atoms with Gasteiger partial charge in [0.25, 0.3) is 0 Å². The predicted octanol–water partition coefficient (Wildman–Crippen LogP) is 1.60. The summed E-state index contributed by atoms with van der Waals surface area (Å²) in [6, 6.07) is 0. The van der Waals surface area contributed by atoms with Crippen molar-refractivity contribution in [3.63, 3.8) is 0 Å². The van der Waals surface area contributed by atoms with Gasteiger partial charge in [-0.25, -0.2) is 9.97 Å². The minimum absolute atomic E-state index is 0.249. The first-order valence-corrected chi connectivity index (χ1v) is 5.39. The average Bonchev–Trinajstić information content (AvgIpc) is 2.24. The molecule has 5 nitrogen and oxygen atoms in total. The summed E-state index contributed by atoms with van der Waals surface area (Å²) >= 11 is 0. The monoisotopic (exact) mass is 225 g/mol. The lowest BCUT2D eigenvalue weighted by molar-refractivity contribution is 0.170. The number of hydrogen-bond donors (Lipinski definition) is 1. The molecular weight excluding hydrogens is 206 g/mol. The lowest BCUT2D eigenvalue weighted by atomic mass is 10.1. The number of ether oxygens (including phenoxy) is 2. The molecule has 90 valence electrons. The van der Waals surface area contributed by atoms with Gasteiger partial charge in [0.2, 0.25) is 5.88 Å². The highest BCUT2D eigenvalue weighted by Gasteiger charge is 2.13. The second-order valence-corrected chi connectivity index (χ2v) is 3.83. The molecule has 0 atom stereocenters. The van der Waals surface area contributed by atoms with Gasteiger partial charge in [0, 0.05) is 20.1 Å². The number of anilines is 1. The molecule has 0 fully saturated rings. The van der Waals surface area contributed by atoms with Gasteiger partial charge < -0.3 is 15.2 Å². The molecule has 0 saturated heterocycles. The van der Waals surface area contributed by atoms with Crippen molar-refractivity contribution >= 4 is 5.82 Å². The topological polar surface area (TPSA) is 70.3 Å². The second kappa shape index (κ2) is 6.27. The maximum Gasteiger partial charge on any atom is 0.222 e. The van der Waals surface area contributed by atoms with Gasteiger partial charge >= 0.3 is 0 Å². The fraction of sp³-hybridized carbons (Fsp3) is 0.636. The Balaban J connectivity index is 2.67. The molecule has 0 radical (unpaired) electrons. The maximum atomic E-state index is 5.80. The van der Waals surface area contributed by atoms with Crippen LogP contribution in [0.2, 0.25) is 0 Å². The lowest BCUT2D eigenvalue weighted by Crippen LogP contribution is -2.08. The van der Waals surface area contributed by atoms with Gasteiger partial charge in [-0.2, -0.15) is 0 Å². The summed E-state index contributed by atoms with van der Waals surface area (Å²) in [6.07, 6.45) is 2.25. The molecule has 2 N–H and O–H groups in total. The average molecular weight is 225 g/mol.